The standard InChI is InChI=1S/C18H15FN4O/c1-22-11-10-16-17(12-6-8-13(19)9-7-12)20-21-23(16)15-5-3-2-4-14(15)18(22)24/h2-9H,10-11H2,1H3. The molecule has 0 saturated heterocycles. The second kappa shape index (κ2) is 5.56. The zero-order valence-electron chi connectivity index (χ0n) is 13.1. The van der Waals surface area contributed by atoms with Crippen molar-refractivity contribution in [1.82, 2.24) is 19.9 Å². The third-order valence-corrected chi connectivity index (χ3v) is 4.27. The third kappa shape index (κ3) is 2.27. The SMILES string of the molecule is CN1CCc2c(-c3ccc(F)cc3)nnn2-c2ccccc2C1=O. The number of amides is 1. The highest BCUT2D eigenvalue weighted by atomic mass is 19.1. The summed E-state index contributed by atoms with van der Waals surface area (Å²) in [5, 5.41) is 8.55. The molecule has 1 aromatic heterocycles. The Bertz CT molecular complexity index is 917. The van der Waals surface area contributed by atoms with Gasteiger partial charge in [-0.3, -0.25) is 4.79 Å². The van der Waals surface area contributed by atoms with Crippen molar-refractivity contribution < 1.29 is 9.18 Å². The minimum absolute atomic E-state index is 0.0323. The maximum atomic E-state index is 13.2. The molecule has 0 radical (unpaired) electrons. The lowest BCUT2D eigenvalue weighted by atomic mass is 10.1. The van der Waals surface area contributed by atoms with Crippen LogP contribution in [0.3, 0.4) is 0 Å². The van der Waals surface area contributed by atoms with E-state index in [0.29, 0.717) is 29.9 Å². The Balaban J connectivity index is 1.92. The van der Waals surface area contributed by atoms with E-state index in [2.05, 4.69) is 10.3 Å². The largest absolute Gasteiger partial charge is 0.341 e. The van der Waals surface area contributed by atoms with Crippen molar-refractivity contribution in [3.8, 4) is 16.9 Å². The lowest BCUT2D eigenvalue weighted by molar-refractivity contribution is 0.0793. The van der Waals surface area contributed by atoms with Gasteiger partial charge in [0.05, 0.1) is 16.9 Å². The molecule has 3 aromatic rings. The summed E-state index contributed by atoms with van der Waals surface area (Å²) < 4.78 is 14.9. The van der Waals surface area contributed by atoms with Crippen molar-refractivity contribution in [2.75, 3.05) is 13.6 Å². The smallest absolute Gasteiger partial charge is 0.255 e. The van der Waals surface area contributed by atoms with Crippen LogP contribution in [0.2, 0.25) is 0 Å². The maximum Gasteiger partial charge on any atom is 0.255 e. The number of para-hydroxylation sites is 1. The Morgan fingerprint density at radius 1 is 1.08 bits per heavy atom. The maximum absolute atomic E-state index is 13.2. The number of benzene rings is 2. The number of hydrogen-bond acceptors (Lipinski definition) is 3. The molecular weight excluding hydrogens is 307 g/mol. The van der Waals surface area contributed by atoms with Crippen LogP contribution in [0.5, 0.6) is 0 Å². The summed E-state index contributed by atoms with van der Waals surface area (Å²) >= 11 is 0. The first kappa shape index (κ1) is 14.6. The summed E-state index contributed by atoms with van der Waals surface area (Å²) in [6, 6.07) is 13.6. The minimum Gasteiger partial charge on any atom is -0.341 e. The Morgan fingerprint density at radius 2 is 1.83 bits per heavy atom. The first-order valence-electron chi connectivity index (χ1n) is 7.70. The lowest BCUT2D eigenvalue weighted by Gasteiger charge is -2.23. The monoisotopic (exact) mass is 322 g/mol. The van der Waals surface area contributed by atoms with Gasteiger partial charge >= 0.3 is 0 Å². The van der Waals surface area contributed by atoms with E-state index in [1.165, 1.54) is 12.1 Å². The van der Waals surface area contributed by atoms with E-state index < -0.39 is 0 Å². The number of carbonyl (C=O) groups excluding carboxylic acids is 1. The Labute approximate surface area is 138 Å². The predicted molar refractivity (Wildman–Crippen MR) is 87.4 cm³/mol. The zero-order chi connectivity index (χ0) is 16.7. The van der Waals surface area contributed by atoms with Crippen LogP contribution in [-0.4, -0.2) is 39.4 Å². The molecule has 0 aliphatic carbocycles. The molecule has 2 aromatic carbocycles. The molecule has 0 bridgehead atoms. The fourth-order valence-corrected chi connectivity index (χ4v) is 2.97. The van der Waals surface area contributed by atoms with Crippen molar-refractivity contribution in [1.29, 1.82) is 0 Å². The van der Waals surface area contributed by atoms with Gasteiger partial charge in [-0.2, -0.15) is 0 Å². The van der Waals surface area contributed by atoms with Gasteiger partial charge < -0.3 is 4.90 Å². The molecular formula is C18H15FN4O. The first-order chi connectivity index (χ1) is 11.6. The normalized spacial score (nSPS) is 13.9. The number of hydrogen-bond donors (Lipinski definition) is 0. The van der Waals surface area contributed by atoms with E-state index in [0.717, 1.165) is 11.3 Å². The van der Waals surface area contributed by atoms with Crippen LogP contribution in [0.4, 0.5) is 4.39 Å². The lowest BCUT2D eigenvalue weighted by Crippen LogP contribution is -2.32. The molecule has 1 aliphatic rings. The van der Waals surface area contributed by atoms with Gasteiger partial charge in [-0.25, -0.2) is 9.07 Å². The Morgan fingerprint density at radius 3 is 2.62 bits per heavy atom. The van der Waals surface area contributed by atoms with E-state index in [9.17, 15) is 9.18 Å². The molecule has 0 fully saturated rings. The topological polar surface area (TPSA) is 51.0 Å². The third-order valence-electron chi connectivity index (χ3n) is 4.27. The minimum atomic E-state index is -0.288. The van der Waals surface area contributed by atoms with Crippen molar-refractivity contribution in [2.45, 2.75) is 6.42 Å². The van der Waals surface area contributed by atoms with Crippen molar-refractivity contribution in [3.05, 3.63) is 65.6 Å². The van der Waals surface area contributed by atoms with E-state index in [-0.39, 0.29) is 11.7 Å². The van der Waals surface area contributed by atoms with Crippen molar-refractivity contribution in [2.24, 2.45) is 0 Å². The molecule has 1 aliphatic heterocycles. The molecule has 0 saturated carbocycles. The second-order valence-electron chi connectivity index (χ2n) is 5.80. The van der Waals surface area contributed by atoms with Gasteiger partial charge in [-0.1, -0.05) is 17.3 Å². The van der Waals surface area contributed by atoms with Crippen LogP contribution in [0.1, 0.15) is 16.1 Å². The highest BCUT2D eigenvalue weighted by Crippen LogP contribution is 2.27. The van der Waals surface area contributed by atoms with Gasteiger partial charge in [0.25, 0.3) is 5.91 Å². The number of likely N-dealkylation sites (N-methyl/N-ethyl adjacent to an activating group) is 1. The molecule has 0 atom stereocenters. The number of aromatic nitrogens is 3. The Kier molecular flexibility index (Phi) is 3.37. The molecule has 120 valence electrons. The molecule has 24 heavy (non-hydrogen) atoms. The summed E-state index contributed by atoms with van der Waals surface area (Å²) in [7, 11) is 1.79. The number of carbonyl (C=O) groups is 1. The van der Waals surface area contributed by atoms with Gasteiger partial charge in [0.1, 0.15) is 11.5 Å². The number of fused-ring (bicyclic) bond motifs is 3. The summed E-state index contributed by atoms with van der Waals surface area (Å²) in [5.74, 6) is -0.320. The average Bonchev–Trinajstić information content (AvgIpc) is 3.02. The molecule has 4 rings (SSSR count). The van der Waals surface area contributed by atoms with Crippen molar-refractivity contribution >= 4 is 5.91 Å². The molecule has 0 N–H and O–H groups in total. The van der Waals surface area contributed by atoms with E-state index in [4.69, 9.17) is 0 Å². The first-order valence-corrected chi connectivity index (χ1v) is 7.70. The number of nitrogens with zero attached hydrogens (tertiary/aromatic N) is 4. The summed E-state index contributed by atoms with van der Waals surface area (Å²) in [6.45, 7) is 0.564. The summed E-state index contributed by atoms with van der Waals surface area (Å²) in [6.07, 6.45) is 0.621. The fraction of sp³-hybridized carbons (Fsp3) is 0.167. The molecule has 1 amide bonds. The van der Waals surface area contributed by atoms with Gasteiger partial charge in [0.2, 0.25) is 0 Å². The molecule has 5 nitrogen and oxygen atoms in total. The van der Waals surface area contributed by atoms with Gasteiger partial charge in [0, 0.05) is 25.6 Å². The van der Waals surface area contributed by atoms with E-state index >= 15 is 0 Å². The quantitative estimate of drug-likeness (QED) is 0.692. The van der Waals surface area contributed by atoms with Gasteiger partial charge in [-0.05, 0) is 36.4 Å². The molecule has 6 heteroatoms. The summed E-state index contributed by atoms with van der Waals surface area (Å²) in [5.41, 5.74) is 3.74. The van der Waals surface area contributed by atoms with Crippen LogP contribution < -0.4 is 0 Å². The van der Waals surface area contributed by atoms with Crippen LogP contribution >= 0.6 is 0 Å². The van der Waals surface area contributed by atoms with Crippen LogP contribution in [0.25, 0.3) is 16.9 Å². The summed E-state index contributed by atoms with van der Waals surface area (Å²) in [4.78, 5) is 14.2. The van der Waals surface area contributed by atoms with Crippen LogP contribution in [-0.2, 0) is 6.42 Å². The predicted octanol–water partition coefficient (Wildman–Crippen LogP) is 2.70. The zero-order valence-corrected chi connectivity index (χ0v) is 13.1. The van der Waals surface area contributed by atoms with E-state index in [1.54, 1.807) is 34.8 Å². The molecule has 2 heterocycles. The van der Waals surface area contributed by atoms with Crippen LogP contribution in [0, 0.1) is 5.82 Å². The van der Waals surface area contributed by atoms with Gasteiger partial charge in [0.15, 0.2) is 0 Å². The van der Waals surface area contributed by atoms with E-state index in [1.807, 2.05) is 18.2 Å². The Hall–Kier alpha value is -3.02. The number of rotatable bonds is 1. The molecule has 0 unspecified atom stereocenters. The highest BCUT2D eigenvalue weighted by molar-refractivity contribution is 5.97. The van der Waals surface area contributed by atoms with Crippen molar-refractivity contribution in [3.63, 3.8) is 0 Å². The number of halogens is 1. The second-order valence-corrected chi connectivity index (χ2v) is 5.80. The molecule has 0 spiro atoms. The van der Waals surface area contributed by atoms with Gasteiger partial charge in [-0.15, -0.1) is 5.10 Å². The van der Waals surface area contributed by atoms with Crippen LogP contribution in [0.15, 0.2) is 48.5 Å². The fourth-order valence-electron chi connectivity index (χ4n) is 2.97. The highest BCUT2D eigenvalue weighted by Gasteiger charge is 2.25. The average molecular weight is 322 g/mol.